The number of aryl methyl sites for hydroxylation is 4. The first-order chi connectivity index (χ1) is 21.4. The van der Waals surface area contributed by atoms with E-state index < -0.39 is 5.41 Å². The number of hydrogen-bond donors (Lipinski definition) is 2. The number of aliphatic imine (C=N–C) groups is 3. The van der Waals surface area contributed by atoms with Gasteiger partial charge in [0, 0.05) is 21.3 Å². The second kappa shape index (κ2) is 10.8. The van der Waals surface area contributed by atoms with Crippen LogP contribution in [-0.2, 0) is 0 Å². The lowest BCUT2D eigenvalue weighted by atomic mass is 9.88. The maximum absolute atomic E-state index is 11.5. The van der Waals surface area contributed by atoms with Gasteiger partial charge in [-0.2, -0.15) is 0 Å². The van der Waals surface area contributed by atoms with Crippen LogP contribution in [0.2, 0.25) is 0 Å². The first-order valence-corrected chi connectivity index (χ1v) is 16.5. The summed E-state index contributed by atoms with van der Waals surface area (Å²) in [5.74, 6) is 0.244. The number of aliphatic hydroxyl groups excluding tert-OH is 1. The molecular formula is C38H32Br2N4O. The van der Waals surface area contributed by atoms with Crippen molar-refractivity contribution < 1.29 is 5.11 Å². The van der Waals surface area contributed by atoms with Gasteiger partial charge in [-0.1, -0.05) is 47.5 Å². The molecule has 0 amide bonds. The number of allylic oxidation sites excluding steroid dienone is 10. The minimum Gasteiger partial charge on any atom is -0.509 e. The molecule has 0 unspecified atom stereocenters. The molecular weight excluding hydrogens is 688 g/mol. The van der Waals surface area contributed by atoms with Crippen LogP contribution in [0.15, 0.2) is 131 Å². The monoisotopic (exact) mass is 718 g/mol. The molecule has 0 spiro atoms. The fourth-order valence-electron chi connectivity index (χ4n) is 6.45. The molecule has 2 aromatic rings. The Morgan fingerprint density at radius 3 is 2.13 bits per heavy atom. The predicted molar refractivity (Wildman–Crippen MR) is 194 cm³/mol. The Morgan fingerprint density at radius 2 is 1.42 bits per heavy atom. The molecule has 224 valence electrons. The Hall–Kier alpha value is -4.07. The van der Waals surface area contributed by atoms with Crippen LogP contribution in [0.3, 0.4) is 0 Å². The molecule has 5 aliphatic heterocycles. The van der Waals surface area contributed by atoms with Crippen LogP contribution in [0, 0.1) is 33.1 Å². The Bertz CT molecular complexity index is 2060. The zero-order valence-electron chi connectivity index (χ0n) is 26.0. The highest BCUT2D eigenvalue weighted by molar-refractivity contribution is 9.12. The average molecular weight is 721 g/mol. The van der Waals surface area contributed by atoms with Crippen molar-refractivity contribution >= 4 is 60.1 Å². The molecule has 0 aliphatic carbocycles. The van der Waals surface area contributed by atoms with E-state index in [2.05, 4.69) is 107 Å². The zero-order valence-corrected chi connectivity index (χ0v) is 29.1. The normalized spacial score (nSPS) is 20.1. The summed E-state index contributed by atoms with van der Waals surface area (Å²) in [6.07, 6.45) is 12.2. The largest absolute Gasteiger partial charge is 0.509 e. The summed E-state index contributed by atoms with van der Waals surface area (Å²) in [5, 5.41) is 14.9. The molecule has 5 nitrogen and oxygen atoms in total. The third-order valence-corrected chi connectivity index (χ3v) is 10.2. The molecule has 0 atom stereocenters. The summed E-state index contributed by atoms with van der Waals surface area (Å²) < 4.78 is 1.58. The molecule has 0 fully saturated rings. The molecule has 2 N–H and O–H groups in total. The SMILES string of the molecule is Cc1ccc(C2=C3C=CC(=N3)C=C3NC(=C(O)C3(C)C)C(Br)=C3C=CC(=N3)C(c3c(C)cc(C)cc3C)=C3C=C(Br)C2=N3)cc1. The minimum atomic E-state index is -0.654. The molecule has 0 aromatic heterocycles. The van der Waals surface area contributed by atoms with E-state index in [-0.39, 0.29) is 5.76 Å². The predicted octanol–water partition coefficient (Wildman–Crippen LogP) is 9.70. The van der Waals surface area contributed by atoms with E-state index in [9.17, 15) is 5.11 Å². The van der Waals surface area contributed by atoms with Crippen molar-refractivity contribution in [3.05, 3.63) is 149 Å². The summed E-state index contributed by atoms with van der Waals surface area (Å²) in [6, 6.07) is 12.9. The van der Waals surface area contributed by atoms with Crippen LogP contribution in [0.1, 0.15) is 47.2 Å². The van der Waals surface area contributed by atoms with Crippen molar-refractivity contribution in [2.75, 3.05) is 0 Å². The number of nitrogens with one attached hydrogen (secondary N) is 1. The van der Waals surface area contributed by atoms with Crippen molar-refractivity contribution in [3.63, 3.8) is 0 Å². The van der Waals surface area contributed by atoms with Gasteiger partial charge in [0.05, 0.1) is 49.8 Å². The van der Waals surface area contributed by atoms with Gasteiger partial charge in [0.15, 0.2) is 0 Å². The molecule has 0 saturated heterocycles. The molecule has 0 saturated carbocycles. The summed E-state index contributed by atoms with van der Waals surface area (Å²) in [6.45, 7) is 12.5. The van der Waals surface area contributed by atoms with Crippen LogP contribution in [0.4, 0.5) is 0 Å². The number of aliphatic hydroxyl groups is 1. The van der Waals surface area contributed by atoms with Gasteiger partial charge in [0.1, 0.15) is 5.76 Å². The van der Waals surface area contributed by atoms with Gasteiger partial charge < -0.3 is 10.4 Å². The first-order valence-electron chi connectivity index (χ1n) is 14.9. The average Bonchev–Trinajstić information content (AvgIpc) is 3.77. The van der Waals surface area contributed by atoms with Gasteiger partial charge >= 0.3 is 0 Å². The molecule has 0 radical (unpaired) electrons. The Labute approximate surface area is 280 Å². The Kier molecular flexibility index (Phi) is 7.10. The number of rotatable bonds is 2. The lowest BCUT2D eigenvalue weighted by molar-refractivity contribution is 0.301. The molecule has 5 heterocycles. The van der Waals surface area contributed by atoms with Crippen LogP contribution in [0.25, 0.3) is 11.1 Å². The van der Waals surface area contributed by atoms with Gasteiger partial charge in [-0.3, -0.25) is 0 Å². The number of hydrogen-bond acceptors (Lipinski definition) is 5. The van der Waals surface area contributed by atoms with Crippen molar-refractivity contribution in [3.8, 4) is 0 Å². The fourth-order valence-corrected chi connectivity index (χ4v) is 7.46. The van der Waals surface area contributed by atoms with Crippen LogP contribution in [-0.4, -0.2) is 22.2 Å². The summed E-state index contributed by atoms with van der Waals surface area (Å²) >= 11 is 7.68. The minimum absolute atomic E-state index is 0.244. The van der Waals surface area contributed by atoms with E-state index in [4.69, 9.17) is 15.0 Å². The second-order valence-corrected chi connectivity index (χ2v) is 14.2. The van der Waals surface area contributed by atoms with Crippen molar-refractivity contribution in [2.45, 2.75) is 41.5 Å². The molecule has 5 aliphatic rings. The number of halogens is 2. The fraction of sp³-hybridized carbons (Fsp3) is 0.184. The topological polar surface area (TPSA) is 69.3 Å². The second-order valence-electron chi connectivity index (χ2n) is 12.5. The molecule has 45 heavy (non-hydrogen) atoms. The van der Waals surface area contributed by atoms with Crippen LogP contribution < -0.4 is 5.32 Å². The van der Waals surface area contributed by atoms with E-state index in [1.165, 1.54) is 11.1 Å². The molecule has 8 bridgehead atoms. The number of nitrogens with zero attached hydrogens (tertiary/aromatic N) is 3. The van der Waals surface area contributed by atoms with E-state index in [1.54, 1.807) is 0 Å². The maximum Gasteiger partial charge on any atom is 0.128 e. The highest BCUT2D eigenvalue weighted by Gasteiger charge is 2.39. The van der Waals surface area contributed by atoms with Gasteiger partial charge in [-0.05, 0) is 132 Å². The molecule has 7 rings (SSSR count). The maximum atomic E-state index is 11.5. The summed E-state index contributed by atoms with van der Waals surface area (Å²) in [4.78, 5) is 15.6. The standard InChI is InChI=1S/C38H32Br2N4O/c1-19-7-9-23(10-8-19)32-26-12-11-24(41-26)17-30-38(5,6)37(45)36(44-30)34(40)28-14-13-27(42-28)33(29-18-25(39)35(32)43-29)31-21(3)15-20(2)16-22(31)4/h7-18,44-45H,1-6H3. The van der Waals surface area contributed by atoms with E-state index in [1.807, 2.05) is 44.2 Å². The van der Waals surface area contributed by atoms with E-state index >= 15 is 0 Å². The Balaban J connectivity index is 1.58. The molecule has 2 aromatic carbocycles. The summed E-state index contributed by atoms with van der Waals surface area (Å²) in [7, 11) is 0. The molecule has 7 heteroatoms. The highest BCUT2D eigenvalue weighted by Crippen LogP contribution is 2.45. The quantitative estimate of drug-likeness (QED) is 0.325. The summed E-state index contributed by atoms with van der Waals surface area (Å²) in [5.41, 5.74) is 14.3. The number of benzene rings is 2. The highest BCUT2D eigenvalue weighted by atomic mass is 79.9. The Morgan fingerprint density at radius 1 is 0.733 bits per heavy atom. The smallest absolute Gasteiger partial charge is 0.128 e. The van der Waals surface area contributed by atoms with E-state index in [0.717, 1.165) is 77.8 Å². The third-order valence-electron chi connectivity index (χ3n) is 8.79. The van der Waals surface area contributed by atoms with Gasteiger partial charge in [0.2, 0.25) is 0 Å². The lowest BCUT2D eigenvalue weighted by Gasteiger charge is -2.19. The van der Waals surface area contributed by atoms with Crippen LogP contribution in [0.5, 0.6) is 0 Å². The lowest BCUT2D eigenvalue weighted by Crippen LogP contribution is -2.19. The first kappa shape index (κ1) is 29.6. The van der Waals surface area contributed by atoms with Crippen molar-refractivity contribution in [1.82, 2.24) is 5.32 Å². The van der Waals surface area contributed by atoms with Crippen molar-refractivity contribution in [1.29, 1.82) is 0 Å². The van der Waals surface area contributed by atoms with Gasteiger partial charge in [-0.15, -0.1) is 0 Å². The third kappa shape index (κ3) is 4.93. The van der Waals surface area contributed by atoms with Gasteiger partial charge in [-0.25, -0.2) is 15.0 Å². The van der Waals surface area contributed by atoms with Crippen molar-refractivity contribution in [2.24, 2.45) is 20.4 Å². The van der Waals surface area contributed by atoms with Crippen LogP contribution >= 0.6 is 31.9 Å². The number of fused-ring (bicyclic) bond motifs is 5. The zero-order chi connectivity index (χ0) is 31.8. The van der Waals surface area contributed by atoms with E-state index in [0.29, 0.717) is 10.2 Å². The van der Waals surface area contributed by atoms with Gasteiger partial charge in [0.25, 0.3) is 0 Å².